The fourth-order valence-corrected chi connectivity index (χ4v) is 3.72. The quantitative estimate of drug-likeness (QED) is 0.749. The molecular formula is C12H17N3OS. The maximum atomic E-state index is 10.7. The number of likely N-dealkylation sites (N-methyl/N-ethyl adjacent to an activating group) is 1. The number of hydrogen-bond acceptors (Lipinski definition) is 5. The van der Waals surface area contributed by atoms with E-state index in [1.54, 1.807) is 6.20 Å². The number of carbonyl (C=O) groups excluding carboxylic acids is 1. The Morgan fingerprint density at radius 1 is 1.41 bits per heavy atom. The summed E-state index contributed by atoms with van der Waals surface area (Å²) < 4.78 is 0. The Morgan fingerprint density at radius 2 is 2.24 bits per heavy atom. The monoisotopic (exact) mass is 251 g/mol. The van der Waals surface area contributed by atoms with Gasteiger partial charge in [-0.15, -0.1) is 0 Å². The highest BCUT2D eigenvalue weighted by atomic mass is 32.1. The third kappa shape index (κ3) is 1.98. The minimum atomic E-state index is 0.658. The number of anilines is 1. The van der Waals surface area contributed by atoms with Crippen molar-refractivity contribution >= 4 is 22.8 Å². The zero-order valence-corrected chi connectivity index (χ0v) is 10.8. The van der Waals surface area contributed by atoms with Gasteiger partial charge in [0.25, 0.3) is 0 Å². The van der Waals surface area contributed by atoms with Gasteiger partial charge in [0.1, 0.15) is 0 Å². The molecule has 1 aromatic heterocycles. The SMILES string of the molecule is CN1C2CCC1CN(c1ncc(C=O)s1)CC2. The van der Waals surface area contributed by atoms with E-state index in [-0.39, 0.29) is 0 Å². The molecule has 92 valence electrons. The second kappa shape index (κ2) is 4.38. The van der Waals surface area contributed by atoms with Crippen molar-refractivity contribution in [3.8, 4) is 0 Å². The van der Waals surface area contributed by atoms with Crippen LogP contribution in [-0.4, -0.2) is 48.4 Å². The lowest BCUT2D eigenvalue weighted by atomic mass is 10.1. The van der Waals surface area contributed by atoms with Gasteiger partial charge in [0.15, 0.2) is 11.4 Å². The molecule has 0 amide bonds. The van der Waals surface area contributed by atoms with E-state index in [1.807, 2.05) is 0 Å². The first-order chi connectivity index (χ1) is 8.28. The fourth-order valence-electron chi connectivity index (χ4n) is 2.96. The molecule has 17 heavy (non-hydrogen) atoms. The van der Waals surface area contributed by atoms with Gasteiger partial charge in [-0.3, -0.25) is 9.69 Å². The molecule has 0 saturated carbocycles. The van der Waals surface area contributed by atoms with E-state index in [0.717, 1.165) is 35.4 Å². The summed E-state index contributed by atoms with van der Waals surface area (Å²) in [7, 11) is 2.24. The molecule has 5 heteroatoms. The molecule has 0 spiro atoms. The molecule has 2 atom stereocenters. The molecule has 2 bridgehead atoms. The maximum Gasteiger partial charge on any atom is 0.185 e. The van der Waals surface area contributed by atoms with Gasteiger partial charge < -0.3 is 4.90 Å². The molecule has 0 radical (unpaired) electrons. The number of thiazole rings is 1. The minimum absolute atomic E-state index is 0.658. The lowest BCUT2D eigenvalue weighted by Crippen LogP contribution is -2.36. The molecule has 3 rings (SSSR count). The van der Waals surface area contributed by atoms with Gasteiger partial charge in [-0.2, -0.15) is 0 Å². The van der Waals surface area contributed by atoms with Gasteiger partial charge in [-0.05, 0) is 26.3 Å². The molecule has 4 nitrogen and oxygen atoms in total. The number of hydrogen-bond donors (Lipinski definition) is 0. The second-order valence-corrected chi connectivity index (χ2v) is 5.99. The Labute approximate surface area is 105 Å². The summed E-state index contributed by atoms with van der Waals surface area (Å²) in [6.45, 7) is 2.12. The Morgan fingerprint density at radius 3 is 3.00 bits per heavy atom. The number of aldehydes is 1. The zero-order valence-electron chi connectivity index (χ0n) is 10.0. The highest BCUT2D eigenvalue weighted by Crippen LogP contribution is 2.31. The van der Waals surface area contributed by atoms with Crippen molar-refractivity contribution in [1.29, 1.82) is 0 Å². The molecule has 0 aromatic carbocycles. The Bertz CT molecular complexity index is 420. The Kier molecular flexibility index (Phi) is 2.88. The number of rotatable bonds is 2. The molecule has 2 saturated heterocycles. The van der Waals surface area contributed by atoms with Crippen molar-refractivity contribution in [2.45, 2.75) is 31.3 Å². The molecular weight excluding hydrogens is 234 g/mol. The predicted octanol–water partition coefficient (Wildman–Crippen LogP) is 1.63. The van der Waals surface area contributed by atoms with Crippen LogP contribution in [0.5, 0.6) is 0 Å². The summed E-state index contributed by atoms with van der Waals surface area (Å²) in [5.74, 6) is 0. The topological polar surface area (TPSA) is 36.4 Å². The van der Waals surface area contributed by atoms with Crippen LogP contribution in [0.2, 0.25) is 0 Å². The minimum Gasteiger partial charge on any atom is -0.346 e. The summed E-state index contributed by atoms with van der Waals surface area (Å²) in [5.41, 5.74) is 0. The number of fused-ring (bicyclic) bond motifs is 2. The van der Waals surface area contributed by atoms with E-state index in [9.17, 15) is 4.79 Å². The van der Waals surface area contributed by atoms with Crippen LogP contribution in [0.15, 0.2) is 6.20 Å². The van der Waals surface area contributed by atoms with Crippen LogP contribution >= 0.6 is 11.3 Å². The average Bonchev–Trinajstić information content (AvgIpc) is 2.86. The standard InChI is InChI=1S/C12H17N3OS/c1-14-9-2-3-10(14)7-15(5-4-9)12-13-6-11(8-16)17-12/h6,8-10H,2-5,7H2,1H3. The van der Waals surface area contributed by atoms with Crippen molar-refractivity contribution < 1.29 is 4.79 Å². The van der Waals surface area contributed by atoms with Crippen LogP contribution in [0.3, 0.4) is 0 Å². The van der Waals surface area contributed by atoms with Crippen LogP contribution in [0.4, 0.5) is 5.13 Å². The third-order valence-corrected chi connectivity index (χ3v) is 5.03. The molecule has 1 aromatic rings. The predicted molar refractivity (Wildman–Crippen MR) is 68.9 cm³/mol. The van der Waals surface area contributed by atoms with Crippen molar-refractivity contribution in [2.75, 3.05) is 25.0 Å². The van der Waals surface area contributed by atoms with Gasteiger partial charge in [0.2, 0.25) is 0 Å². The number of carbonyl (C=O) groups is 1. The first kappa shape index (κ1) is 11.2. The summed E-state index contributed by atoms with van der Waals surface area (Å²) in [4.78, 5) is 20.6. The molecule has 0 aliphatic carbocycles. The van der Waals surface area contributed by atoms with Crippen molar-refractivity contribution in [1.82, 2.24) is 9.88 Å². The average molecular weight is 251 g/mol. The molecule has 2 aliphatic heterocycles. The van der Waals surface area contributed by atoms with E-state index in [2.05, 4.69) is 21.8 Å². The molecule has 2 fully saturated rings. The summed E-state index contributed by atoms with van der Waals surface area (Å²) in [6.07, 6.45) is 6.41. The van der Waals surface area contributed by atoms with Crippen molar-refractivity contribution in [3.63, 3.8) is 0 Å². The van der Waals surface area contributed by atoms with Gasteiger partial charge >= 0.3 is 0 Å². The molecule has 0 N–H and O–H groups in total. The van der Waals surface area contributed by atoms with Crippen molar-refractivity contribution in [2.24, 2.45) is 0 Å². The van der Waals surface area contributed by atoms with Crippen molar-refractivity contribution in [3.05, 3.63) is 11.1 Å². The first-order valence-electron chi connectivity index (χ1n) is 6.16. The van der Waals surface area contributed by atoms with Crippen LogP contribution in [-0.2, 0) is 0 Å². The van der Waals surface area contributed by atoms with E-state index in [0.29, 0.717) is 6.04 Å². The lowest BCUT2D eigenvalue weighted by Gasteiger charge is -2.25. The van der Waals surface area contributed by atoms with E-state index in [4.69, 9.17) is 0 Å². The van der Waals surface area contributed by atoms with Crippen LogP contribution < -0.4 is 4.90 Å². The largest absolute Gasteiger partial charge is 0.346 e. The maximum absolute atomic E-state index is 10.7. The molecule has 2 unspecified atom stereocenters. The van der Waals surface area contributed by atoms with E-state index >= 15 is 0 Å². The van der Waals surface area contributed by atoms with Crippen LogP contribution in [0.1, 0.15) is 28.9 Å². The van der Waals surface area contributed by atoms with Gasteiger partial charge in [-0.1, -0.05) is 11.3 Å². The molecule has 2 aliphatic rings. The highest BCUT2D eigenvalue weighted by molar-refractivity contribution is 7.17. The number of nitrogens with zero attached hydrogens (tertiary/aromatic N) is 3. The Hall–Kier alpha value is -0.940. The summed E-state index contributed by atoms with van der Waals surface area (Å²) >= 11 is 1.51. The normalized spacial score (nSPS) is 29.4. The van der Waals surface area contributed by atoms with Gasteiger partial charge in [0.05, 0.1) is 11.1 Å². The van der Waals surface area contributed by atoms with Crippen LogP contribution in [0, 0.1) is 0 Å². The smallest absolute Gasteiger partial charge is 0.185 e. The van der Waals surface area contributed by atoms with Gasteiger partial charge in [0, 0.05) is 25.2 Å². The zero-order chi connectivity index (χ0) is 11.8. The first-order valence-corrected chi connectivity index (χ1v) is 6.97. The third-order valence-electron chi connectivity index (χ3n) is 4.05. The molecule has 3 heterocycles. The summed E-state index contributed by atoms with van der Waals surface area (Å²) in [6, 6.07) is 1.40. The van der Waals surface area contributed by atoms with E-state index in [1.165, 1.54) is 30.6 Å². The highest BCUT2D eigenvalue weighted by Gasteiger charge is 2.35. The van der Waals surface area contributed by atoms with E-state index < -0.39 is 0 Å². The van der Waals surface area contributed by atoms with Crippen LogP contribution in [0.25, 0.3) is 0 Å². The Balaban J connectivity index is 1.78. The lowest BCUT2D eigenvalue weighted by molar-refractivity contribution is 0.112. The van der Waals surface area contributed by atoms with Gasteiger partial charge in [-0.25, -0.2) is 4.98 Å². The number of aromatic nitrogens is 1. The fraction of sp³-hybridized carbons (Fsp3) is 0.667. The summed E-state index contributed by atoms with van der Waals surface area (Å²) in [5, 5.41) is 1.01. The second-order valence-electron chi connectivity index (χ2n) is 4.95.